The van der Waals surface area contributed by atoms with Gasteiger partial charge in [0.2, 0.25) is 0 Å². The minimum Gasteiger partial charge on any atom is -0.485 e. The number of fused-ring (bicyclic) bond motifs is 1. The van der Waals surface area contributed by atoms with E-state index >= 15 is 0 Å². The van der Waals surface area contributed by atoms with Gasteiger partial charge in [-0.15, -0.1) is 0 Å². The fraction of sp³-hybridized carbons (Fsp3) is 0.286. The highest BCUT2D eigenvalue weighted by atomic mass is 35.5. The maximum absolute atomic E-state index is 12.3. The number of ether oxygens (including phenoxy) is 1. The molecule has 3 heterocycles. The van der Waals surface area contributed by atoms with E-state index in [4.69, 9.17) is 16.3 Å². The van der Waals surface area contributed by atoms with Crippen LogP contribution in [0.3, 0.4) is 0 Å². The van der Waals surface area contributed by atoms with Crippen molar-refractivity contribution in [3.63, 3.8) is 0 Å². The molecule has 0 spiro atoms. The molecule has 7 heteroatoms. The fourth-order valence-corrected chi connectivity index (χ4v) is 3.43. The van der Waals surface area contributed by atoms with E-state index in [1.165, 1.54) is 27.4 Å². The molecule has 0 N–H and O–H groups in total. The van der Waals surface area contributed by atoms with Crippen molar-refractivity contribution in [3.05, 3.63) is 86.6 Å². The van der Waals surface area contributed by atoms with E-state index in [1.54, 1.807) is 24.5 Å². The van der Waals surface area contributed by atoms with Crippen LogP contribution in [0.5, 0.6) is 5.75 Å². The van der Waals surface area contributed by atoms with Gasteiger partial charge in [0.25, 0.3) is 5.56 Å². The first-order valence-electron chi connectivity index (χ1n) is 9.16. The summed E-state index contributed by atoms with van der Waals surface area (Å²) in [6, 6.07) is 11.6. The van der Waals surface area contributed by atoms with E-state index in [1.807, 2.05) is 0 Å². The summed E-state index contributed by atoms with van der Waals surface area (Å²) in [6.45, 7) is 2.78. The van der Waals surface area contributed by atoms with Crippen molar-refractivity contribution in [2.75, 3.05) is 7.05 Å². The summed E-state index contributed by atoms with van der Waals surface area (Å²) < 4.78 is 7.07. The van der Waals surface area contributed by atoms with Crippen LogP contribution in [0.15, 0.2) is 53.6 Å². The van der Waals surface area contributed by atoms with E-state index < -0.39 is 0 Å². The van der Waals surface area contributed by atoms with E-state index in [0.717, 1.165) is 25.2 Å². The summed E-state index contributed by atoms with van der Waals surface area (Å²) in [5.74, 6) is 0.429. The van der Waals surface area contributed by atoms with Crippen molar-refractivity contribution in [1.82, 2.24) is 19.7 Å². The van der Waals surface area contributed by atoms with Crippen LogP contribution in [0.4, 0.5) is 0 Å². The smallest absolute Gasteiger partial charge is 0.270 e. The molecule has 0 unspecified atom stereocenters. The molecule has 1 aliphatic rings. The lowest BCUT2D eigenvalue weighted by Gasteiger charge is -2.08. The number of hydrogen-bond donors (Lipinski definition) is 0. The Bertz CT molecular complexity index is 1030. The van der Waals surface area contributed by atoms with Crippen LogP contribution < -0.4 is 10.3 Å². The van der Waals surface area contributed by atoms with Crippen LogP contribution in [0, 0.1) is 0 Å². The van der Waals surface area contributed by atoms with Gasteiger partial charge in [-0.2, -0.15) is 5.10 Å². The minimum absolute atomic E-state index is 0.178. The van der Waals surface area contributed by atoms with Gasteiger partial charge in [0.05, 0.1) is 16.9 Å². The van der Waals surface area contributed by atoms with Crippen molar-refractivity contribution in [1.29, 1.82) is 0 Å². The van der Waals surface area contributed by atoms with Gasteiger partial charge in [-0.05, 0) is 42.3 Å². The molecule has 0 radical (unpaired) electrons. The Morgan fingerprint density at radius 1 is 1.11 bits per heavy atom. The monoisotopic (exact) mass is 396 g/mol. The highest BCUT2D eigenvalue weighted by molar-refractivity contribution is 6.30. The highest BCUT2D eigenvalue weighted by Crippen LogP contribution is 2.22. The molecule has 4 rings (SSSR count). The van der Waals surface area contributed by atoms with Crippen molar-refractivity contribution in [2.45, 2.75) is 32.7 Å². The summed E-state index contributed by atoms with van der Waals surface area (Å²) in [4.78, 5) is 18.8. The van der Waals surface area contributed by atoms with Crippen LogP contribution in [0.1, 0.15) is 22.4 Å². The standard InChI is InChI=1S/C21H21ClN4O2/c1-25-12-16-3-2-15(8-17(16)13-25)6-7-26-21(27)9-20(11-24-26)28-14-19-5-4-18(22)10-23-19/h2-5,8-11H,6-7,12-14H2,1H3. The second-order valence-corrected chi connectivity index (χ2v) is 7.47. The average Bonchev–Trinajstić information content (AvgIpc) is 3.06. The Hall–Kier alpha value is -2.70. The van der Waals surface area contributed by atoms with Crippen molar-refractivity contribution < 1.29 is 4.74 Å². The molecular formula is C21H21ClN4O2. The van der Waals surface area contributed by atoms with Gasteiger partial charge in [0, 0.05) is 31.9 Å². The number of hydrogen-bond acceptors (Lipinski definition) is 5. The molecule has 144 valence electrons. The zero-order valence-electron chi connectivity index (χ0n) is 15.6. The minimum atomic E-state index is -0.178. The van der Waals surface area contributed by atoms with Crippen LogP contribution in [0.25, 0.3) is 0 Å². The lowest BCUT2D eigenvalue weighted by molar-refractivity contribution is 0.297. The number of nitrogens with zero attached hydrogens (tertiary/aromatic N) is 4. The van der Waals surface area contributed by atoms with Gasteiger partial charge in [-0.1, -0.05) is 29.8 Å². The predicted octanol–water partition coefficient (Wildman–Crippen LogP) is 3.06. The quantitative estimate of drug-likeness (QED) is 0.640. The van der Waals surface area contributed by atoms with Crippen LogP contribution in [-0.2, 0) is 32.7 Å². The molecule has 1 aromatic carbocycles. The number of benzene rings is 1. The first-order chi connectivity index (χ1) is 13.6. The molecular weight excluding hydrogens is 376 g/mol. The first-order valence-corrected chi connectivity index (χ1v) is 9.54. The van der Waals surface area contributed by atoms with Crippen molar-refractivity contribution >= 4 is 11.6 Å². The molecule has 28 heavy (non-hydrogen) atoms. The predicted molar refractivity (Wildman–Crippen MR) is 107 cm³/mol. The third kappa shape index (κ3) is 4.40. The van der Waals surface area contributed by atoms with E-state index in [9.17, 15) is 4.79 Å². The van der Waals surface area contributed by atoms with Crippen LogP contribution in [-0.4, -0.2) is 26.7 Å². The molecule has 0 bridgehead atoms. The van der Waals surface area contributed by atoms with Gasteiger partial charge in [0.1, 0.15) is 12.4 Å². The second kappa shape index (κ2) is 8.12. The summed E-state index contributed by atoms with van der Waals surface area (Å²) >= 11 is 5.82. The number of aromatic nitrogens is 3. The van der Waals surface area contributed by atoms with Gasteiger partial charge in [-0.3, -0.25) is 14.7 Å². The number of halogens is 1. The van der Waals surface area contributed by atoms with Crippen molar-refractivity contribution in [2.24, 2.45) is 0 Å². The number of rotatable bonds is 6. The van der Waals surface area contributed by atoms with Gasteiger partial charge < -0.3 is 4.74 Å². The Balaban J connectivity index is 1.36. The largest absolute Gasteiger partial charge is 0.485 e. The Morgan fingerprint density at radius 2 is 1.96 bits per heavy atom. The summed E-state index contributed by atoms with van der Waals surface area (Å²) in [6.07, 6.45) is 3.89. The molecule has 3 aromatic rings. The Kier molecular flexibility index (Phi) is 5.41. The second-order valence-electron chi connectivity index (χ2n) is 7.03. The normalized spacial score (nSPS) is 13.5. The molecule has 0 atom stereocenters. The molecule has 0 saturated heterocycles. The lowest BCUT2D eigenvalue weighted by atomic mass is 10.0. The molecule has 0 aliphatic carbocycles. The van der Waals surface area contributed by atoms with E-state index in [-0.39, 0.29) is 12.2 Å². The van der Waals surface area contributed by atoms with Gasteiger partial charge in [0.15, 0.2) is 0 Å². The Morgan fingerprint density at radius 3 is 2.75 bits per heavy atom. The summed E-state index contributed by atoms with van der Waals surface area (Å²) in [5, 5.41) is 4.81. The van der Waals surface area contributed by atoms with E-state index in [2.05, 4.69) is 40.2 Å². The maximum atomic E-state index is 12.3. The zero-order valence-corrected chi connectivity index (χ0v) is 16.4. The molecule has 2 aromatic heterocycles. The van der Waals surface area contributed by atoms with E-state index in [0.29, 0.717) is 17.3 Å². The topological polar surface area (TPSA) is 60.3 Å². The van der Waals surface area contributed by atoms with Gasteiger partial charge >= 0.3 is 0 Å². The molecule has 0 saturated carbocycles. The molecule has 0 amide bonds. The first kappa shape index (κ1) is 18.7. The highest BCUT2D eigenvalue weighted by Gasteiger charge is 2.15. The molecule has 6 nitrogen and oxygen atoms in total. The molecule has 0 fully saturated rings. The zero-order chi connectivity index (χ0) is 19.5. The van der Waals surface area contributed by atoms with Crippen molar-refractivity contribution in [3.8, 4) is 5.75 Å². The lowest BCUT2D eigenvalue weighted by Crippen LogP contribution is -2.23. The van der Waals surface area contributed by atoms with Crippen LogP contribution >= 0.6 is 11.6 Å². The number of aryl methyl sites for hydroxylation is 2. The average molecular weight is 397 g/mol. The Labute approximate surface area is 168 Å². The number of pyridine rings is 1. The van der Waals surface area contributed by atoms with Gasteiger partial charge in [-0.25, -0.2) is 4.68 Å². The summed E-state index contributed by atoms with van der Waals surface area (Å²) in [7, 11) is 2.12. The van der Waals surface area contributed by atoms with Crippen LogP contribution in [0.2, 0.25) is 5.02 Å². The molecule has 1 aliphatic heterocycles. The third-order valence-corrected chi connectivity index (χ3v) is 5.01. The fourth-order valence-electron chi connectivity index (χ4n) is 3.32. The summed E-state index contributed by atoms with van der Waals surface area (Å²) in [5.41, 5.74) is 4.54. The maximum Gasteiger partial charge on any atom is 0.270 e. The third-order valence-electron chi connectivity index (χ3n) is 4.78. The SMILES string of the molecule is CN1Cc2ccc(CCn3ncc(OCc4ccc(Cl)cn4)cc3=O)cc2C1.